The number of aryl methyl sites for hydroxylation is 1. The number of carbonyl (C=O) groups is 3. The van der Waals surface area contributed by atoms with E-state index in [1.165, 1.54) is 4.90 Å². The molecule has 2 N–H and O–H groups in total. The van der Waals surface area contributed by atoms with Crippen molar-refractivity contribution in [1.29, 1.82) is 0 Å². The summed E-state index contributed by atoms with van der Waals surface area (Å²) in [7, 11) is 3.77. The van der Waals surface area contributed by atoms with E-state index in [1.54, 1.807) is 20.8 Å². The molecule has 0 bridgehead atoms. The van der Waals surface area contributed by atoms with Gasteiger partial charge in [0.15, 0.2) is 0 Å². The highest BCUT2D eigenvalue weighted by Gasteiger charge is 2.46. The summed E-state index contributed by atoms with van der Waals surface area (Å²) in [5, 5.41) is 11.4. The zero-order chi connectivity index (χ0) is 24.4. The van der Waals surface area contributed by atoms with Gasteiger partial charge in [-0.05, 0) is 58.1 Å². The van der Waals surface area contributed by atoms with Gasteiger partial charge in [0.1, 0.15) is 11.5 Å². The summed E-state index contributed by atoms with van der Waals surface area (Å²) in [6.07, 6.45) is 0. The number of nitrogens with zero attached hydrogens (tertiary/aromatic N) is 2. The first kappa shape index (κ1) is 24.7. The number of nitrogens with one attached hydrogen (secondary N) is 1. The van der Waals surface area contributed by atoms with Crippen molar-refractivity contribution in [2.75, 3.05) is 33.8 Å². The van der Waals surface area contributed by atoms with Gasteiger partial charge >= 0.3 is 5.97 Å². The predicted molar refractivity (Wildman–Crippen MR) is 128 cm³/mol. The predicted octanol–water partition coefficient (Wildman–Crippen LogP) is 3.55. The average Bonchev–Trinajstić information content (AvgIpc) is 3.19. The van der Waals surface area contributed by atoms with Gasteiger partial charge in [-0.25, -0.2) is 4.79 Å². The fourth-order valence-electron chi connectivity index (χ4n) is 4.06. The zero-order valence-corrected chi connectivity index (χ0v) is 20.9. The molecule has 1 aromatic carbocycles. The van der Waals surface area contributed by atoms with Crippen molar-refractivity contribution in [2.24, 2.45) is 0 Å². The molecule has 0 spiro atoms. The van der Waals surface area contributed by atoms with Crippen LogP contribution in [0.25, 0.3) is 5.76 Å². The number of ether oxygens (including phenoxy) is 1. The fraction of sp³-hybridized carbons (Fsp3) is 0.375. The van der Waals surface area contributed by atoms with Gasteiger partial charge < -0.3 is 24.6 Å². The third-order valence-corrected chi connectivity index (χ3v) is 6.20. The van der Waals surface area contributed by atoms with Crippen LogP contribution in [0.3, 0.4) is 0 Å². The average molecular weight is 518 g/mol. The lowest BCUT2D eigenvalue weighted by Gasteiger charge is -2.26. The third kappa shape index (κ3) is 4.74. The van der Waals surface area contributed by atoms with E-state index in [0.29, 0.717) is 35.5 Å². The molecule has 33 heavy (non-hydrogen) atoms. The van der Waals surface area contributed by atoms with Crippen molar-refractivity contribution in [3.8, 4) is 0 Å². The topological polar surface area (TPSA) is 103 Å². The molecule has 1 atom stereocenters. The molecule has 2 heterocycles. The molecule has 1 aliphatic rings. The maximum Gasteiger partial charge on any atom is 0.355 e. The highest BCUT2D eigenvalue weighted by atomic mass is 79.9. The van der Waals surface area contributed by atoms with E-state index >= 15 is 0 Å². The van der Waals surface area contributed by atoms with Crippen LogP contribution < -0.4 is 0 Å². The van der Waals surface area contributed by atoms with Crippen LogP contribution >= 0.6 is 15.9 Å². The second kappa shape index (κ2) is 9.93. The smallest absolute Gasteiger partial charge is 0.355 e. The van der Waals surface area contributed by atoms with Gasteiger partial charge in [-0.1, -0.05) is 28.1 Å². The molecule has 0 radical (unpaired) electrons. The van der Waals surface area contributed by atoms with Gasteiger partial charge in [0.05, 0.1) is 18.2 Å². The van der Waals surface area contributed by atoms with Crippen LogP contribution in [0, 0.1) is 13.8 Å². The Morgan fingerprint density at radius 1 is 1.21 bits per heavy atom. The standard InChI is InChI=1S/C24H28BrN3O5/c1-6-33-24(32)19-13(2)17(14(3)26-19)21(29)18-20(15-7-9-16(25)10-8-15)28(12-11-27(4)5)23(31)22(18)30/h7-10,20,26,29H,6,11-12H2,1-5H3/b21-18+/t20-/m0/s1. The van der Waals surface area contributed by atoms with E-state index in [9.17, 15) is 19.5 Å². The van der Waals surface area contributed by atoms with Crippen LogP contribution in [-0.4, -0.2) is 71.3 Å². The molecular formula is C24H28BrN3O5. The number of carbonyl (C=O) groups excluding carboxylic acids is 3. The zero-order valence-electron chi connectivity index (χ0n) is 19.4. The van der Waals surface area contributed by atoms with Crippen molar-refractivity contribution >= 4 is 39.3 Å². The Kier molecular flexibility index (Phi) is 7.44. The summed E-state index contributed by atoms with van der Waals surface area (Å²) in [5.74, 6) is -2.27. The number of benzene rings is 1. The Morgan fingerprint density at radius 3 is 2.42 bits per heavy atom. The van der Waals surface area contributed by atoms with Gasteiger partial charge in [0.2, 0.25) is 0 Å². The van der Waals surface area contributed by atoms with Crippen LogP contribution in [0.4, 0.5) is 0 Å². The Balaban J connectivity index is 2.19. The molecule has 3 rings (SSSR count). The van der Waals surface area contributed by atoms with Gasteiger partial charge in [0, 0.05) is 28.8 Å². The van der Waals surface area contributed by atoms with Crippen molar-refractivity contribution in [3.05, 3.63) is 62.4 Å². The Labute approximate surface area is 201 Å². The second-order valence-electron chi connectivity index (χ2n) is 8.19. The summed E-state index contributed by atoms with van der Waals surface area (Å²) in [4.78, 5) is 44.8. The van der Waals surface area contributed by atoms with E-state index in [0.717, 1.165) is 4.47 Å². The highest BCUT2D eigenvalue weighted by Crippen LogP contribution is 2.41. The van der Waals surface area contributed by atoms with E-state index in [1.807, 2.05) is 43.3 Å². The summed E-state index contributed by atoms with van der Waals surface area (Å²) in [5.41, 5.74) is 2.19. The lowest BCUT2D eigenvalue weighted by Crippen LogP contribution is -2.35. The highest BCUT2D eigenvalue weighted by molar-refractivity contribution is 9.10. The monoisotopic (exact) mass is 517 g/mol. The van der Waals surface area contributed by atoms with Crippen LogP contribution in [0.2, 0.25) is 0 Å². The summed E-state index contributed by atoms with van der Waals surface area (Å²) in [6.45, 7) is 6.14. The van der Waals surface area contributed by atoms with Crippen LogP contribution in [0.5, 0.6) is 0 Å². The van der Waals surface area contributed by atoms with E-state index in [2.05, 4.69) is 20.9 Å². The number of H-pyrrole nitrogens is 1. The minimum atomic E-state index is -0.753. The maximum absolute atomic E-state index is 13.2. The molecule has 9 heteroatoms. The maximum atomic E-state index is 13.2. The van der Waals surface area contributed by atoms with E-state index in [4.69, 9.17) is 4.74 Å². The van der Waals surface area contributed by atoms with Gasteiger partial charge in [-0.2, -0.15) is 0 Å². The molecule has 0 aliphatic carbocycles. The Bertz CT molecular complexity index is 1120. The van der Waals surface area contributed by atoms with E-state index < -0.39 is 23.7 Å². The number of aliphatic hydroxyl groups is 1. The van der Waals surface area contributed by atoms with Crippen LogP contribution in [0.15, 0.2) is 34.3 Å². The third-order valence-electron chi connectivity index (χ3n) is 5.67. The molecule has 1 saturated heterocycles. The summed E-state index contributed by atoms with van der Waals surface area (Å²) >= 11 is 3.41. The number of hydrogen-bond donors (Lipinski definition) is 2. The molecular weight excluding hydrogens is 490 g/mol. The van der Waals surface area contributed by atoms with Crippen molar-refractivity contribution in [2.45, 2.75) is 26.8 Å². The first-order chi connectivity index (χ1) is 15.6. The number of Topliss-reactive ketones (excluding diaryl/α,β-unsaturated/α-hetero) is 1. The minimum Gasteiger partial charge on any atom is -0.507 e. The number of esters is 1. The minimum absolute atomic E-state index is 0.00156. The molecule has 176 valence electrons. The molecule has 2 aromatic rings. The number of aliphatic hydroxyl groups excluding tert-OH is 1. The number of ketones is 1. The van der Waals surface area contributed by atoms with Gasteiger partial charge in [-0.15, -0.1) is 0 Å². The normalized spacial score (nSPS) is 17.8. The molecule has 1 aliphatic heterocycles. The van der Waals surface area contributed by atoms with Gasteiger partial charge in [0.25, 0.3) is 11.7 Å². The number of aromatic nitrogens is 1. The molecule has 8 nitrogen and oxygen atoms in total. The lowest BCUT2D eigenvalue weighted by molar-refractivity contribution is -0.140. The number of likely N-dealkylation sites (tertiary alicyclic amines) is 1. The first-order valence-electron chi connectivity index (χ1n) is 10.6. The van der Waals surface area contributed by atoms with Crippen molar-refractivity contribution in [1.82, 2.24) is 14.8 Å². The number of amides is 1. The number of likely N-dealkylation sites (N-methyl/N-ethyl adjacent to an activating group) is 1. The van der Waals surface area contributed by atoms with Crippen LogP contribution in [0.1, 0.15) is 45.8 Å². The Hall–Kier alpha value is -2.91. The number of rotatable bonds is 7. The van der Waals surface area contributed by atoms with E-state index in [-0.39, 0.29) is 23.6 Å². The number of hydrogen-bond acceptors (Lipinski definition) is 6. The van der Waals surface area contributed by atoms with Crippen molar-refractivity contribution < 1.29 is 24.2 Å². The number of halogens is 1. The second-order valence-corrected chi connectivity index (χ2v) is 9.11. The summed E-state index contributed by atoms with van der Waals surface area (Å²) in [6, 6.07) is 6.53. The molecule has 1 aromatic heterocycles. The molecule has 0 saturated carbocycles. The quantitative estimate of drug-likeness (QED) is 0.252. The van der Waals surface area contributed by atoms with Crippen molar-refractivity contribution in [3.63, 3.8) is 0 Å². The fourth-order valence-corrected chi connectivity index (χ4v) is 4.32. The SMILES string of the molecule is CCOC(=O)c1[nH]c(C)c(/C(O)=C2\C(=O)C(=O)N(CCN(C)C)[C@H]2c2ccc(Br)cc2)c1C. The molecule has 1 amide bonds. The van der Waals surface area contributed by atoms with Crippen LogP contribution in [-0.2, 0) is 14.3 Å². The molecule has 0 unspecified atom stereocenters. The Morgan fingerprint density at radius 2 is 1.85 bits per heavy atom. The first-order valence-corrected chi connectivity index (χ1v) is 11.4. The summed E-state index contributed by atoms with van der Waals surface area (Å²) < 4.78 is 5.94. The lowest BCUT2D eigenvalue weighted by atomic mass is 9.94. The van der Waals surface area contributed by atoms with Gasteiger partial charge in [-0.3, -0.25) is 9.59 Å². The molecule has 1 fully saturated rings. The largest absolute Gasteiger partial charge is 0.507 e. The number of aromatic amines is 1.